The number of halogens is 3. The zero-order valence-electron chi connectivity index (χ0n) is 19.1. The van der Waals surface area contributed by atoms with Crippen LogP contribution in [0.3, 0.4) is 0 Å². The average Bonchev–Trinajstić information content (AvgIpc) is 2.77. The fraction of sp³-hybridized carbons (Fsp3) is 0.571. The fourth-order valence-corrected chi connectivity index (χ4v) is 6.21. The lowest BCUT2D eigenvalue weighted by molar-refractivity contribution is 0.111. The summed E-state index contributed by atoms with van der Waals surface area (Å²) in [7, 11) is 0. The van der Waals surface area contributed by atoms with E-state index in [1.54, 1.807) is 6.08 Å². The van der Waals surface area contributed by atoms with Crippen LogP contribution in [0.2, 0.25) is 0 Å². The molecule has 0 heterocycles. The van der Waals surface area contributed by atoms with Gasteiger partial charge in [-0.05, 0) is 73.3 Å². The fourth-order valence-electron chi connectivity index (χ4n) is 6.21. The first-order valence-electron chi connectivity index (χ1n) is 12.4. The molecule has 2 saturated carbocycles. The van der Waals surface area contributed by atoms with Gasteiger partial charge in [0.05, 0.1) is 5.39 Å². The van der Waals surface area contributed by atoms with Gasteiger partial charge in [-0.1, -0.05) is 51.7 Å². The molecule has 4 rings (SSSR count). The maximum Gasteiger partial charge on any atom is 0.140 e. The van der Waals surface area contributed by atoms with E-state index in [9.17, 15) is 4.39 Å². The molecular weight excluding hydrogens is 409 g/mol. The van der Waals surface area contributed by atoms with Gasteiger partial charge in [0.25, 0.3) is 0 Å². The highest BCUT2D eigenvalue weighted by Crippen LogP contribution is 2.49. The maximum absolute atomic E-state index is 15.5. The van der Waals surface area contributed by atoms with Crippen molar-refractivity contribution in [1.29, 1.82) is 0 Å². The zero-order valence-corrected chi connectivity index (χ0v) is 19.1. The molecular formula is C28H35F3O. The van der Waals surface area contributed by atoms with E-state index >= 15 is 8.78 Å². The van der Waals surface area contributed by atoms with Crippen LogP contribution in [0.15, 0.2) is 30.9 Å². The lowest BCUT2D eigenvalue weighted by Crippen LogP contribution is -2.31. The van der Waals surface area contributed by atoms with Crippen molar-refractivity contribution in [3.05, 3.63) is 53.9 Å². The molecule has 0 aromatic heterocycles. The highest BCUT2D eigenvalue weighted by Gasteiger charge is 2.37. The zero-order chi connectivity index (χ0) is 22.7. The molecule has 2 aromatic rings. The Morgan fingerprint density at radius 1 is 0.969 bits per heavy atom. The van der Waals surface area contributed by atoms with Crippen LogP contribution >= 0.6 is 0 Å². The van der Waals surface area contributed by atoms with Gasteiger partial charge in [0.1, 0.15) is 29.8 Å². The lowest BCUT2D eigenvalue weighted by atomic mass is 9.63. The van der Waals surface area contributed by atoms with E-state index < -0.39 is 17.5 Å². The summed E-state index contributed by atoms with van der Waals surface area (Å²) in [6, 6.07) is 3.94. The number of hydrogen-bond donors (Lipinski definition) is 0. The van der Waals surface area contributed by atoms with E-state index in [2.05, 4.69) is 13.5 Å². The highest BCUT2D eigenvalue weighted by atomic mass is 19.1. The predicted molar refractivity (Wildman–Crippen MR) is 125 cm³/mol. The van der Waals surface area contributed by atoms with E-state index in [0.29, 0.717) is 11.8 Å². The topological polar surface area (TPSA) is 9.23 Å². The second-order valence-electron chi connectivity index (χ2n) is 9.89. The predicted octanol–water partition coefficient (Wildman–Crippen LogP) is 8.70. The molecule has 4 unspecified atom stereocenters. The quantitative estimate of drug-likeness (QED) is 0.292. The third kappa shape index (κ3) is 4.84. The van der Waals surface area contributed by atoms with Crippen molar-refractivity contribution in [2.75, 3.05) is 6.61 Å². The average molecular weight is 445 g/mol. The third-order valence-electron chi connectivity index (χ3n) is 7.80. The van der Waals surface area contributed by atoms with Crippen LogP contribution in [-0.4, -0.2) is 6.61 Å². The molecule has 1 nitrogen and oxygen atoms in total. The van der Waals surface area contributed by atoms with Crippen LogP contribution in [0, 0.1) is 35.2 Å². The molecule has 0 amide bonds. The number of fused-ring (bicyclic) bond motifs is 2. The Labute approximate surface area is 190 Å². The lowest BCUT2D eigenvalue weighted by Gasteiger charge is -2.42. The van der Waals surface area contributed by atoms with Gasteiger partial charge in [0, 0.05) is 11.6 Å². The molecule has 2 aromatic carbocycles. The molecule has 0 bridgehead atoms. The van der Waals surface area contributed by atoms with E-state index in [0.717, 1.165) is 31.6 Å². The van der Waals surface area contributed by atoms with Gasteiger partial charge in [-0.2, -0.15) is 0 Å². The number of benzene rings is 2. The Morgan fingerprint density at radius 3 is 2.53 bits per heavy atom. The number of rotatable bonds is 8. The summed E-state index contributed by atoms with van der Waals surface area (Å²) >= 11 is 0. The monoisotopic (exact) mass is 444 g/mol. The van der Waals surface area contributed by atoms with Crippen LogP contribution in [-0.2, 0) is 0 Å². The maximum atomic E-state index is 15.5. The van der Waals surface area contributed by atoms with Gasteiger partial charge in [0.2, 0.25) is 0 Å². The van der Waals surface area contributed by atoms with Crippen molar-refractivity contribution >= 4 is 10.8 Å². The number of unbranched alkanes of at least 4 members (excludes halogenated alkanes) is 2. The summed E-state index contributed by atoms with van der Waals surface area (Å²) in [5, 5.41) is 0.0678. The molecule has 0 N–H and O–H groups in total. The number of ether oxygens (including phenoxy) is 1. The summed E-state index contributed by atoms with van der Waals surface area (Å²) in [6.07, 6.45) is 13.0. The molecule has 2 aliphatic rings. The van der Waals surface area contributed by atoms with Gasteiger partial charge in [-0.3, -0.25) is 0 Å². The Morgan fingerprint density at radius 2 is 1.75 bits per heavy atom. The second kappa shape index (κ2) is 10.3. The summed E-state index contributed by atoms with van der Waals surface area (Å²) in [4.78, 5) is 0. The highest BCUT2D eigenvalue weighted by molar-refractivity contribution is 5.86. The normalized spacial score (nSPS) is 25.5. The second-order valence-corrected chi connectivity index (χ2v) is 9.89. The minimum atomic E-state index is -0.732. The molecule has 4 heteroatoms. The largest absolute Gasteiger partial charge is 0.489 e. The van der Waals surface area contributed by atoms with E-state index in [4.69, 9.17) is 4.74 Å². The standard InChI is InChI=1S/C28H35F3O/c1-3-5-6-7-18-8-9-20-14-21(11-10-19(20)13-18)26-24(29)16-22-15-23(32-12-4-2)17-25(30)27(22)28(26)31/h4,15-21H,2-3,5-14H2,1H3. The van der Waals surface area contributed by atoms with E-state index in [-0.39, 0.29) is 34.6 Å². The molecule has 32 heavy (non-hydrogen) atoms. The van der Waals surface area contributed by atoms with Crippen molar-refractivity contribution in [2.24, 2.45) is 17.8 Å². The summed E-state index contributed by atoms with van der Waals surface area (Å²) in [5.41, 5.74) is 0.0830. The van der Waals surface area contributed by atoms with Gasteiger partial charge in [0.15, 0.2) is 0 Å². The molecule has 2 aliphatic carbocycles. The number of hydrogen-bond acceptors (Lipinski definition) is 1. The molecule has 2 fully saturated rings. The van der Waals surface area contributed by atoms with Gasteiger partial charge >= 0.3 is 0 Å². The first-order chi connectivity index (χ1) is 15.5. The smallest absolute Gasteiger partial charge is 0.140 e. The van der Waals surface area contributed by atoms with Crippen molar-refractivity contribution < 1.29 is 17.9 Å². The van der Waals surface area contributed by atoms with Crippen LogP contribution in [0.5, 0.6) is 5.75 Å². The first-order valence-corrected chi connectivity index (χ1v) is 12.4. The SMILES string of the molecule is C=CCOc1cc(F)c2c(F)c(C3CCC4CC(CCCCC)CCC4C3)c(F)cc2c1. The molecule has 0 radical (unpaired) electrons. The van der Waals surface area contributed by atoms with Crippen LogP contribution in [0.25, 0.3) is 10.8 Å². The van der Waals surface area contributed by atoms with E-state index in [1.807, 2.05) is 0 Å². The van der Waals surface area contributed by atoms with E-state index in [1.165, 1.54) is 56.7 Å². The van der Waals surface area contributed by atoms with Crippen molar-refractivity contribution in [3.63, 3.8) is 0 Å². The molecule has 0 saturated heterocycles. The van der Waals surface area contributed by atoms with Gasteiger partial charge < -0.3 is 4.74 Å². The minimum absolute atomic E-state index is 0.0830. The summed E-state index contributed by atoms with van der Waals surface area (Å²) in [6.45, 7) is 6.01. The Bertz CT molecular complexity index is 954. The van der Waals surface area contributed by atoms with Crippen LogP contribution in [0.1, 0.15) is 82.6 Å². The summed E-state index contributed by atoms with van der Waals surface area (Å²) < 4.78 is 50.8. The van der Waals surface area contributed by atoms with Crippen molar-refractivity contribution in [2.45, 2.75) is 77.0 Å². The summed E-state index contributed by atoms with van der Waals surface area (Å²) in [5.74, 6) is 0.105. The van der Waals surface area contributed by atoms with Gasteiger partial charge in [-0.15, -0.1) is 0 Å². The van der Waals surface area contributed by atoms with Gasteiger partial charge in [-0.25, -0.2) is 13.2 Å². The van der Waals surface area contributed by atoms with Crippen molar-refractivity contribution in [3.8, 4) is 5.75 Å². The minimum Gasteiger partial charge on any atom is -0.489 e. The molecule has 174 valence electrons. The molecule has 4 atom stereocenters. The Kier molecular flexibility index (Phi) is 7.48. The molecule has 0 aliphatic heterocycles. The van der Waals surface area contributed by atoms with Crippen molar-refractivity contribution in [1.82, 2.24) is 0 Å². The Hall–Kier alpha value is -1.97. The first kappa shape index (κ1) is 23.2. The third-order valence-corrected chi connectivity index (χ3v) is 7.80. The van der Waals surface area contributed by atoms with Crippen LogP contribution in [0.4, 0.5) is 13.2 Å². The molecule has 0 spiro atoms. The van der Waals surface area contributed by atoms with Crippen LogP contribution < -0.4 is 4.74 Å². The Balaban J connectivity index is 1.52.